The SMILES string of the molecule is C=COCCNC(=O)C(=O)Nc1cc(C)ccc1C. The summed E-state index contributed by atoms with van der Waals surface area (Å²) in [6, 6.07) is 5.65. The molecule has 5 heteroatoms. The number of carbonyl (C=O) groups excluding carboxylic acids is 2. The van der Waals surface area contributed by atoms with Gasteiger partial charge in [-0.2, -0.15) is 0 Å². The molecule has 0 radical (unpaired) electrons. The molecule has 1 rings (SSSR count). The fourth-order valence-corrected chi connectivity index (χ4v) is 1.44. The molecule has 19 heavy (non-hydrogen) atoms. The lowest BCUT2D eigenvalue weighted by Gasteiger charge is -2.09. The van der Waals surface area contributed by atoms with Crippen molar-refractivity contribution in [2.24, 2.45) is 0 Å². The number of aryl methyl sites for hydroxylation is 2. The first-order chi connectivity index (χ1) is 9.04. The highest BCUT2D eigenvalue weighted by Crippen LogP contribution is 2.15. The van der Waals surface area contributed by atoms with Crippen molar-refractivity contribution in [3.05, 3.63) is 42.2 Å². The quantitative estimate of drug-likeness (QED) is 0.480. The van der Waals surface area contributed by atoms with E-state index in [1.54, 1.807) is 0 Å². The number of carbonyl (C=O) groups is 2. The monoisotopic (exact) mass is 262 g/mol. The van der Waals surface area contributed by atoms with E-state index in [-0.39, 0.29) is 13.2 Å². The Balaban J connectivity index is 2.52. The summed E-state index contributed by atoms with van der Waals surface area (Å²) in [5.74, 6) is -1.37. The molecular weight excluding hydrogens is 244 g/mol. The van der Waals surface area contributed by atoms with Gasteiger partial charge >= 0.3 is 11.8 Å². The molecule has 0 atom stereocenters. The highest BCUT2D eigenvalue weighted by atomic mass is 16.5. The predicted octanol–water partition coefficient (Wildman–Crippen LogP) is 1.52. The van der Waals surface area contributed by atoms with Crippen LogP contribution in [0.3, 0.4) is 0 Å². The fraction of sp³-hybridized carbons (Fsp3) is 0.286. The molecule has 0 saturated heterocycles. The van der Waals surface area contributed by atoms with Gasteiger partial charge in [-0.25, -0.2) is 0 Å². The Labute approximate surface area is 112 Å². The minimum Gasteiger partial charge on any atom is -0.500 e. The number of hydrogen-bond acceptors (Lipinski definition) is 3. The molecule has 0 aliphatic carbocycles. The van der Waals surface area contributed by atoms with Crippen LogP contribution in [-0.4, -0.2) is 25.0 Å². The van der Waals surface area contributed by atoms with E-state index < -0.39 is 11.8 Å². The summed E-state index contributed by atoms with van der Waals surface area (Å²) in [6.45, 7) is 7.70. The van der Waals surface area contributed by atoms with Crippen LogP contribution in [0.15, 0.2) is 31.0 Å². The minimum atomic E-state index is -0.688. The predicted molar refractivity (Wildman–Crippen MR) is 73.7 cm³/mol. The molecule has 2 amide bonds. The first-order valence-corrected chi connectivity index (χ1v) is 5.93. The van der Waals surface area contributed by atoms with Crippen LogP contribution in [0.4, 0.5) is 5.69 Å². The normalized spacial score (nSPS) is 9.58. The highest BCUT2D eigenvalue weighted by molar-refractivity contribution is 6.39. The van der Waals surface area contributed by atoms with Crippen molar-refractivity contribution in [1.82, 2.24) is 5.32 Å². The van der Waals surface area contributed by atoms with Gasteiger partial charge in [0.2, 0.25) is 0 Å². The summed E-state index contributed by atoms with van der Waals surface area (Å²) in [5.41, 5.74) is 2.56. The molecule has 0 aliphatic heterocycles. The van der Waals surface area contributed by atoms with E-state index in [9.17, 15) is 9.59 Å². The molecule has 0 heterocycles. The summed E-state index contributed by atoms with van der Waals surface area (Å²) >= 11 is 0. The van der Waals surface area contributed by atoms with Gasteiger partial charge in [0.25, 0.3) is 0 Å². The van der Waals surface area contributed by atoms with Gasteiger partial charge in [0.05, 0.1) is 12.8 Å². The van der Waals surface area contributed by atoms with Gasteiger partial charge in [-0.1, -0.05) is 18.7 Å². The molecule has 0 aliphatic rings. The zero-order chi connectivity index (χ0) is 14.3. The second-order valence-corrected chi connectivity index (χ2v) is 4.07. The lowest BCUT2D eigenvalue weighted by molar-refractivity contribution is -0.136. The standard InChI is InChI=1S/C14H18N2O3/c1-4-19-8-7-15-13(17)14(18)16-12-9-10(2)5-6-11(12)3/h4-6,9H,1,7-8H2,2-3H3,(H,15,17)(H,16,18). The third kappa shape index (κ3) is 4.83. The van der Waals surface area contributed by atoms with Crippen LogP contribution in [0.1, 0.15) is 11.1 Å². The summed E-state index contributed by atoms with van der Waals surface area (Å²) in [4.78, 5) is 23.2. The molecular formula is C14H18N2O3. The second kappa shape index (κ2) is 7.20. The van der Waals surface area contributed by atoms with Crippen LogP contribution in [0.25, 0.3) is 0 Å². The summed E-state index contributed by atoms with van der Waals surface area (Å²) in [7, 11) is 0. The van der Waals surface area contributed by atoms with Crippen molar-refractivity contribution in [2.45, 2.75) is 13.8 Å². The zero-order valence-electron chi connectivity index (χ0n) is 11.2. The van der Waals surface area contributed by atoms with Crippen LogP contribution in [0.2, 0.25) is 0 Å². The van der Waals surface area contributed by atoms with Crippen LogP contribution in [0, 0.1) is 13.8 Å². The average molecular weight is 262 g/mol. The fourth-order valence-electron chi connectivity index (χ4n) is 1.44. The molecule has 0 bridgehead atoms. The van der Waals surface area contributed by atoms with Gasteiger partial charge in [0.15, 0.2) is 0 Å². The Morgan fingerprint density at radius 3 is 2.74 bits per heavy atom. The van der Waals surface area contributed by atoms with Crippen molar-refractivity contribution < 1.29 is 14.3 Å². The van der Waals surface area contributed by atoms with Crippen molar-refractivity contribution in [1.29, 1.82) is 0 Å². The maximum absolute atomic E-state index is 11.7. The van der Waals surface area contributed by atoms with Gasteiger partial charge < -0.3 is 15.4 Å². The first-order valence-electron chi connectivity index (χ1n) is 5.93. The number of anilines is 1. The molecule has 0 spiro atoms. The van der Waals surface area contributed by atoms with E-state index in [4.69, 9.17) is 4.74 Å². The van der Waals surface area contributed by atoms with E-state index >= 15 is 0 Å². The van der Waals surface area contributed by atoms with E-state index in [2.05, 4.69) is 17.2 Å². The number of rotatable bonds is 5. The summed E-state index contributed by atoms with van der Waals surface area (Å²) < 4.78 is 4.83. The van der Waals surface area contributed by atoms with E-state index in [0.717, 1.165) is 11.1 Å². The summed E-state index contributed by atoms with van der Waals surface area (Å²) in [6.07, 6.45) is 1.28. The maximum Gasteiger partial charge on any atom is 0.313 e. The largest absolute Gasteiger partial charge is 0.500 e. The van der Waals surface area contributed by atoms with Gasteiger partial charge in [0, 0.05) is 5.69 Å². The van der Waals surface area contributed by atoms with Gasteiger partial charge in [0.1, 0.15) is 6.61 Å². The maximum atomic E-state index is 11.7. The van der Waals surface area contributed by atoms with Gasteiger partial charge in [-0.05, 0) is 31.0 Å². The molecule has 0 unspecified atom stereocenters. The Morgan fingerprint density at radius 2 is 2.05 bits per heavy atom. The smallest absolute Gasteiger partial charge is 0.313 e. The number of benzene rings is 1. The molecule has 1 aromatic rings. The molecule has 0 saturated carbocycles. The lowest BCUT2D eigenvalue weighted by atomic mass is 10.1. The Hall–Kier alpha value is -2.30. The Kier molecular flexibility index (Phi) is 5.60. The zero-order valence-corrected chi connectivity index (χ0v) is 11.2. The third-order valence-electron chi connectivity index (χ3n) is 2.47. The van der Waals surface area contributed by atoms with Crippen LogP contribution in [-0.2, 0) is 14.3 Å². The molecule has 1 aromatic carbocycles. The second-order valence-electron chi connectivity index (χ2n) is 4.07. The van der Waals surface area contributed by atoms with E-state index in [0.29, 0.717) is 5.69 Å². The Morgan fingerprint density at radius 1 is 1.32 bits per heavy atom. The number of amides is 2. The topological polar surface area (TPSA) is 67.4 Å². The van der Waals surface area contributed by atoms with Crippen LogP contribution >= 0.6 is 0 Å². The van der Waals surface area contributed by atoms with E-state index in [1.807, 2.05) is 32.0 Å². The summed E-state index contributed by atoms with van der Waals surface area (Å²) in [5, 5.41) is 5.03. The van der Waals surface area contributed by atoms with Crippen molar-refractivity contribution in [3.8, 4) is 0 Å². The van der Waals surface area contributed by atoms with Crippen molar-refractivity contribution in [3.63, 3.8) is 0 Å². The third-order valence-corrected chi connectivity index (χ3v) is 2.47. The van der Waals surface area contributed by atoms with Crippen molar-refractivity contribution in [2.75, 3.05) is 18.5 Å². The minimum absolute atomic E-state index is 0.255. The average Bonchev–Trinajstić information content (AvgIpc) is 2.38. The van der Waals surface area contributed by atoms with E-state index in [1.165, 1.54) is 6.26 Å². The molecule has 0 fully saturated rings. The van der Waals surface area contributed by atoms with Gasteiger partial charge in [-0.3, -0.25) is 9.59 Å². The molecule has 102 valence electrons. The first kappa shape index (κ1) is 14.8. The lowest BCUT2D eigenvalue weighted by Crippen LogP contribution is -2.37. The number of ether oxygens (including phenoxy) is 1. The number of hydrogen-bond donors (Lipinski definition) is 2. The molecule has 0 aromatic heterocycles. The number of nitrogens with one attached hydrogen (secondary N) is 2. The van der Waals surface area contributed by atoms with Crippen LogP contribution in [0.5, 0.6) is 0 Å². The highest BCUT2D eigenvalue weighted by Gasteiger charge is 2.13. The Bertz CT molecular complexity index is 484. The molecule has 2 N–H and O–H groups in total. The van der Waals surface area contributed by atoms with Gasteiger partial charge in [-0.15, -0.1) is 0 Å². The van der Waals surface area contributed by atoms with Crippen LogP contribution < -0.4 is 10.6 Å². The molecule has 5 nitrogen and oxygen atoms in total. The van der Waals surface area contributed by atoms with Crippen molar-refractivity contribution >= 4 is 17.5 Å².